The first kappa shape index (κ1) is 15.1. The lowest BCUT2D eigenvalue weighted by molar-refractivity contribution is 0.243. The standard InChI is InChI=1S/C12H26O2P/c1-4-7-9-12(6-3)11-14-15(13)10-8-5-2/h12H,4-11H2,1-3H3/q+1. The van der Waals surface area contributed by atoms with Gasteiger partial charge in [0.1, 0.15) is 6.61 Å². The van der Waals surface area contributed by atoms with E-state index in [-0.39, 0.29) is 0 Å². The Bertz CT molecular complexity index is 160. The lowest BCUT2D eigenvalue weighted by atomic mass is 10.0. The topological polar surface area (TPSA) is 26.3 Å². The molecule has 2 unspecified atom stereocenters. The molecule has 15 heavy (non-hydrogen) atoms. The highest BCUT2D eigenvalue weighted by atomic mass is 31.1. The summed E-state index contributed by atoms with van der Waals surface area (Å²) in [6.45, 7) is 7.19. The summed E-state index contributed by atoms with van der Waals surface area (Å²) < 4.78 is 16.8. The molecule has 0 rings (SSSR count). The molecule has 0 radical (unpaired) electrons. The van der Waals surface area contributed by atoms with Crippen LogP contribution in [-0.2, 0) is 9.09 Å². The lowest BCUT2D eigenvalue weighted by Crippen LogP contribution is -2.06. The van der Waals surface area contributed by atoms with Crippen LogP contribution in [0.15, 0.2) is 0 Å². The van der Waals surface area contributed by atoms with Crippen LogP contribution in [0.1, 0.15) is 59.3 Å². The maximum atomic E-state index is 11.4. The van der Waals surface area contributed by atoms with Gasteiger partial charge in [-0.15, -0.1) is 4.52 Å². The van der Waals surface area contributed by atoms with Gasteiger partial charge in [-0.2, -0.15) is 0 Å². The van der Waals surface area contributed by atoms with Gasteiger partial charge in [0.25, 0.3) is 0 Å². The Morgan fingerprint density at radius 1 is 1.13 bits per heavy atom. The zero-order chi connectivity index (χ0) is 11.5. The summed E-state index contributed by atoms with van der Waals surface area (Å²) in [5.41, 5.74) is 0. The van der Waals surface area contributed by atoms with Crippen LogP contribution in [0.3, 0.4) is 0 Å². The molecule has 2 nitrogen and oxygen atoms in total. The van der Waals surface area contributed by atoms with Gasteiger partial charge in [-0.3, -0.25) is 0 Å². The highest BCUT2D eigenvalue weighted by Gasteiger charge is 2.18. The number of rotatable bonds is 10. The summed E-state index contributed by atoms with van der Waals surface area (Å²) in [6, 6.07) is 0. The van der Waals surface area contributed by atoms with Gasteiger partial charge in [0, 0.05) is 0 Å². The predicted molar refractivity (Wildman–Crippen MR) is 66.6 cm³/mol. The molecule has 0 aromatic heterocycles. The highest BCUT2D eigenvalue weighted by Crippen LogP contribution is 2.26. The molecule has 0 aromatic rings. The summed E-state index contributed by atoms with van der Waals surface area (Å²) in [5.74, 6) is 0.602. The van der Waals surface area contributed by atoms with E-state index in [2.05, 4.69) is 20.8 Å². The minimum Gasteiger partial charge on any atom is -0.146 e. The second-order valence-corrected chi connectivity index (χ2v) is 5.49. The summed E-state index contributed by atoms with van der Waals surface area (Å²) in [4.78, 5) is 0. The summed E-state index contributed by atoms with van der Waals surface area (Å²) in [7, 11) is -1.39. The van der Waals surface area contributed by atoms with Crippen LogP contribution in [-0.4, -0.2) is 12.8 Å². The van der Waals surface area contributed by atoms with Crippen LogP contribution in [0.2, 0.25) is 0 Å². The second kappa shape index (κ2) is 10.6. The molecule has 0 bridgehead atoms. The van der Waals surface area contributed by atoms with Gasteiger partial charge in [-0.25, -0.2) is 0 Å². The Kier molecular flexibility index (Phi) is 10.6. The van der Waals surface area contributed by atoms with Crippen LogP contribution in [0, 0.1) is 5.92 Å². The summed E-state index contributed by atoms with van der Waals surface area (Å²) >= 11 is 0. The fourth-order valence-corrected chi connectivity index (χ4v) is 2.52. The molecule has 0 saturated heterocycles. The summed E-state index contributed by atoms with van der Waals surface area (Å²) in [5, 5.41) is 0. The van der Waals surface area contributed by atoms with Crippen LogP contribution in [0.5, 0.6) is 0 Å². The van der Waals surface area contributed by atoms with Crippen molar-refractivity contribution in [3.05, 3.63) is 0 Å². The van der Waals surface area contributed by atoms with E-state index in [9.17, 15) is 4.57 Å². The molecule has 0 aliphatic rings. The molecule has 0 aliphatic heterocycles. The Morgan fingerprint density at radius 3 is 2.33 bits per heavy atom. The van der Waals surface area contributed by atoms with Gasteiger partial charge in [0.2, 0.25) is 0 Å². The highest BCUT2D eigenvalue weighted by molar-refractivity contribution is 7.39. The van der Waals surface area contributed by atoms with Gasteiger partial charge in [0.05, 0.1) is 0 Å². The third kappa shape index (κ3) is 9.02. The third-order valence-corrected chi connectivity index (χ3v) is 3.81. The molecule has 0 spiro atoms. The first-order valence-electron chi connectivity index (χ1n) is 6.32. The first-order chi connectivity index (χ1) is 7.24. The van der Waals surface area contributed by atoms with Crippen molar-refractivity contribution in [3.63, 3.8) is 0 Å². The van der Waals surface area contributed by atoms with Gasteiger partial charge < -0.3 is 0 Å². The smallest absolute Gasteiger partial charge is 0.146 e. The minimum atomic E-state index is -1.39. The fraction of sp³-hybridized carbons (Fsp3) is 1.00. The largest absolute Gasteiger partial charge is 0.508 e. The number of unbranched alkanes of at least 4 members (excludes halogenated alkanes) is 2. The van der Waals surface area contributed by atoms with Crippen molar-refractivity contribution >= 4 is 8.03 Å². The fourth-order valence-electron chi connectivity index (χ4n) is 1.44. The third-order valence-electron chi connectivity index (χ3n) is 2.69. The van der Waals surface area contributed by atoms with E-state index in [0.29, 0.717) is 12.5 Å². The van der Waals surface area contributed by atoms with Crippen LogP contribution >= 0.6 is 8.03 Å². The zero-order valence-electron chi connectivity index (χ0n) is 10.5. The normalized spacial score (nSPS) is 13.9. The minimum absolute atomic E-state index is 0.602. The maximum Gasteiger partial charge on any atom is 0.508 e. The Balaban J connectivity index is 3.55. The van der Waals surface area contributed by atoms with Crippen LogP contribution < -0.4 is 0 Å². The molecule has 0 aliphatic carbocycles. The second-order valence-electron chi connectivity index (χ2n) is 4.12. The monoisotopic (exact) mass is 233 g/mol. The molecule has 0 saturated carbocycles. The zero-order valence-corrected chi connectivity index (χ0v) is 11.4. The molecular weight excluding hydrogens is 207 g/mol. The Labute approximate surface area is 95.7 Å². The molecule has 0 aromatic carbocycles. The Morgan fingerprint density at radius 2 is 1.80 bits per heavy atom. The molecular formula is C12H26O2P+. The summed E-state index contributed by atoms with van der Waals surface area (Å²) in [6.07, 6.45) is 7.68. The van der Waals surface area contributed by atoms with Crippen molar-refractivity contribution in [1.29, 1.82) is 0 Å². The van der Waals surface area contributed by atoms with E-state index in [4.69, 9.17) is 4.52 Å². The van der Waals surface area contributed by atoms with Crippen LogP contribution in [0.4, 0.5) is 0 Å². The molecule has 0 fully saturated rings. The lowest BCUT2D eigenvalue weighted by Gasteiger charge is -2.09. The van der Waals surface area contributed by atoms with Gasteiger partial charge in [0.15, 0.2) is 6.16 Å². The van der Waals surface area contributed by atoms with E-state index in [1.54, 1.807) is 0 Å². The maximum absolute atomic E-state index is 11.4. The van der Waals surface area contributed by atoms with E-state index >= 15 is 0 Å². The van der Waals surface area contributed by atoms with E-state index < -0.39 is 8.03 Å². The van der Waals surface area contributed by atoms with Gasteiger partial charge in [-0.05, 0) is 23.3 Å². The number of hydrogen-bond acceptors (Lipinski definition) is 2. The molecule has 0 heterocycles. The van der Waals surface area contributed by atoms with Crippen molar-refractivity contribution in [1.82, 2.24) is 0 Å². The van der Waals surface area contributed by atoms with E-state index in [1.807, 2.05) is 0 Å². The van der Waals surface area contributed by atoms with Gasteiger partial charge in [-0.1, -0.05) is 46.5 Å². The van der Waals surface area contributed by atoms with Crippen LogP contribution in [0.25, 0.3) is 0 Å². The predicted octanol–water partition coefficient (Wildman–Crippen LogP) is 4.76. The average molecular weight is 233 g/mol. The average Bonchev–Trinajstić information content (AvgIpc) is 2.26. The molecule has 0 N–H and O–H groups in total. The van der Waals surface area contributed by atoms with Crippen molar-refractivity contribution in [2.24, 2.45) is 5.92 Å². The van der Waals surface area contributed by atoms with Gasteiger partial charge >= 0.3 is 8.03 Å². The Hall–Kier alpha value is 0.0600. The van der Waals surface area contributed by atoms with E-state index in [0.717, 1.165) is 25.4 Å². The number of hydrogen-bond donors (Lipinski definition) is 0. The first-order valence-corrected chi connectivity index (χ1v) is 7.68. The molecule has 3 heteroatoms. The molecule has 2 atom stereocenters. The van der Waals surface area contributed by atoms with Crippen molar-refractivity contribution < 1.29 is 9.09 Å². The SMILES string of the molecule is CCCCC(CC)CO[P+](=O)CCCC. The van der Waals surface area contributed by atoms with E-state index in [1.165, 1.54) is 19.3 Å². The molecule has 0 amide bonds. The van der Waals surface area contributed by atoms with Crippen molar-refractivity contribution in [3.8, 4) is 0 Å². The van der Waals surface area contributed by atoms with Crippen molar-refractivity contribution in [2.75, 3.05) is 12.8 Å². The molecule has 90 valence electrons. The quantitative estimate of drug-likeness (QED) is 0.508. The van der Waals surface area contributed by atoms with Crippen molar-refractivity contribution in [2.45, 2.75) is 59.3 Å².